The molecule has 0 saturated heterocycles. The molecule has 0 aromatic heterocycles. The number of carbonyl (C=O) groups excluding carboxylic acids is 1. The summed E-state index contributed by atoms with van der Waals surface area (Å²) in [4.78, 5) is 14.7. The second-order valence-electron chi connectivity index (χ2n) is 7.68. The van der Waals surface area contributed by atoms with Crippen LogP contribution in [0, 0.1) is 12.8 Å². The Morgan fingerprint density at radius 1 is 1.21 bits per heavy atom. The van der Waals surface area contributed by atoms with Gasteiger partial charge in [-0.1, -0.05) is 6.07 Å². The predicted molar refractivity (Wildman–Crippen MR) is 113 cm³/mol. The van der Waals surface area contributed by atoms with E-state index >= 15 is 0 Å². The Labute approximate surface area is 171 Å². The van der Waals surface area contributed by atoms with Crippen molar-refractivity contribution in [2.45, 2.75) is 44.4 Å². The Bertz CT molecular complexity index is 1040. The fourth-order valence-corrected chi connectivity index (χ4v) is 5.08. The van der Waals surface area contributed by atoms with Gasteiger partial charge in [0.15, 0.2) is 0 Å². The molecule has 0 spiro atoms. The average Bonchev–Trinajstić information content (AvgIpc) is 3.52. The van der Waals surface area contributed by atoms with Crippen molar-refractivity contribution in [1.82, 2.24) is 0 Å². The number of amides is 1. The molecule has 154 valence electrons. The van der Waals surface area contributed by atoms with Crippen LogP contribution in [0.2, 0.25) is 0 Å². The summed E-state index contributed by atoms with van der Waals surface area (Å²) in [5, 5.41) is 0. The molecule has 1 N–H and O–H groups in total. The van der Waals surface area contributed by atoms with Gasteiger partial charge in [-0.05, 0) is 81.0 Å². The number of nitrogens with zero attached hydrogens (tertiary/aromatic N) is 1. The van der Waals surface area contributed by atoms with Crippen LogP contribution >= 0.6 is 0 Å². The number of carbonyl (C=O) groups is 1. The molecule has 1 heterocycles. The van der Waals surface area contributed by atoms with Crippen molar-refractivity contribution in [2.75, 3.05) is 22.8 Å². The minimum absolute atomic E-state index is 0.132. The third-order valence-electron chi connectivity index (χ3n) is 5.40. The second-order valence-corrected chi connectivity index (χ2v) is 9.33. The molecule has 6 nitrogen and oxygen atoms in total. The third kappa shape index (κ3) is 4.10. The molecule has 29 heavy (non-hydrogen) atoms. The lowest BCUT2D eigenvalue weighted by atomic mass is 10.0. The largest absolute Gasteiger partial charge is 0.494 e. The van der Waals surface area contributed by atoms with Crippen LogP contribution in [-0.2, 0) is 21.2 Å². The molecular formula is C22H26N2O4S. The number of benzene rings is 2. The van der Waals surface area contributed by atoms with Gasteiger partial charge in [0, 0.05) is 18.2 Å². The Balaban J connectivity index is 1.61. The summed E-state index contributed by atoms with van der Waals surface area (Å²) in [6.07, 6.45) is 3.73. The van der Waals surface area contributed by atoms with Crippen LogP contribution in [0.4, 0.5) is 11.4 Å². The predicted octanol–water partition coefficient (Wildman–Crippen LogP) is 3.88. The SMILES string of the molecule is CCOc1ccc(S(=O)(=O)Nc2ccc3c(c2)N(C(=O)C2CC2)CCC3)c(C)c1. The molecule has 2 aromatic rings. The highest BCUT2D eigenvalue weighted by molar-refractivity contribution is 7.92. The quantitative estimate of drug-likeness (QED) is 0.778. The fraction of sp³-hybridized carbons (Fsp3) is 0.409. The number of rotatable bonds is 6. The van der Waals surface area contributed by atoms with Crippen molar-refractivity contribution in [3.05, 3.63) is 47.5 Å². The minimum atomic E-state index is -3.75. The number of sulfonamides is 1. The van der Waals surface area contributed by atoms with Gasteiger partial charge in [-0.2, -0.15) is 0 Å². The maximum absolute atomic E-state index is 13.0. The minimum Gasteiger partial charge on any atom is -0.494 e. The van der Waals surface area contributed by atoms with Crippen molar-refractivity contribution in [2.24, 2.45) is 5.92 Å². The van der Waals surface area contributed by atoms with Crippen LogP contribution in [0.25, 0.3) is 0 Å². The van der Waals surface area contributed by atoms with E-state index in [4.69, 9.17) is 4.74 Å². The van der Waals surface area contributed by atoms with Crippen molar-refractivity contribution in [1.29, 1.82) is 0 Å². The third-order valence-corrected chi connectivity index (χ3v) is 6.94. The lowest BCUT2D eigenvalue weighted by Crippen LogP contribution is -2.36. The number of fused-ring (bicyclic) bond motifs is 1. The smallest absolute Gasteiger partial charge is 0.262 e. The molecule has 0 unspecified atom stereocenters. The molecule has 1 aliphatic heterocycles. The number of ether oxygens (including phenoxy) is 1. The molecular weight excluding hydrogens is 388 g/mol. The van der Waals surface area contributed by atoms with Gasteiger partial charge in [-0.25, -0.2) is 8.42 Å². The topological polar surface area (TPSA) is 75.7 Å². The van der Waals surface area contributed by atoms with Gasteiger partial charge >= 0.3 is 0 Å². The zero-order valence-electron chi connectivity index (χ0n) is 16.8. The lowest BCUT2D eigenvalue weighted by Gasteiger charge is -2.30. The van der Waals surface area contributed by atoms with Gasteiger partial charge in [-0.3, -0.25) is 9.52 Å². The van der Waals surface area contributed by atoms with Gasteiger partial charge in [0.25, 0.3) is 10.0 Å². The molecule has 1 aliphatic carbocycles. The monoisotopic (exact) mass is 414 g/mol. The van der Waals surface area contributed by atoms with E-state index in [1.54, 1.807) is 37.3 Å². The molecule has 1 amide bonds. The first-order chi connectivity index (χ1) is 13.9. The second kappa shape index (κ2) is 7.71. The first-order valence-corrected chi connectivity index (χ1v) is 11.6. The Hall–Kier alpha value is -2.54. The summed E-state index contributed by atoms with van der Waals surface area (Å²) in [5.41, 5.74) is 3.00. The van der Waals surface area contributed by atoms with Crippen LogP contribution < -0.4 is 14.4 Å². The van der Waals surface area contributed by atoms with Gasteiger partial charge in [0.2, 0.25) is 5.91 Å². The molecule has 0 atom stereocenters. The molecule has 1 saturated carbocycles. The van der Waals surface area contributed by atoms with Gasteiger partial charge in [-0.15, -0.1) is 0 Å². The summed E-state index contributed by atoms with van der Waals surface area (Å²) in [6, 6.07) is 10.4. The van der Waals surface area contributed by atoms with E-state index in [0.717, 1.165) is 36.9 Å². The number of aryl methyl sites for hydroxylation is 2. The highest BCUT2D eigenvalue weighted by Gasteiger charge is 2.35. The summed E-state index contributed by atoms with van der Waals surface area (Å²) in [5.74, 6) is 0.938. The highest BCUT2D eigenvalue weighted by Crippen LogP contribution is 2.37. The fourth-order valence-electron chi connectivity index (χ4n) is 3.81. The maximum atomic E-state index is 13.0. The molecule has 2 aromatic carbocycles. The molecule has 0 radical (unpaired) electrons. The van der Waals surface area contributed by atoms with E-state index in [1.807, 2.05) is 17.9 Å². The van der Waals surface area contributed by atoms with Crippen LogP contribution in [0.15, 0.2) is 41.3 Å². The zero-order valence-corrected chi connectivity index (χ0v) is 17.6. The van der Waals surface area contributed by atoms with E-state index in [2.05, 4.69) is 4.72 Å². The number of anilines is 2. The van der Waals surface area contributed by atoms with Crippen LogP contribution in [0.5, 0.6) is 5.75 Å². The van der Waals surface area contributed by atoms with Gasteiger partial charge in [0.1, 0.15) is 5.75 Å². The van der Waals surface area contributed by atoms with Crippen molar-refractivity contribution in [3.63, 3.8) is 0 Å². The summed E-state index contributed by atoms with van der Waals surface area (Å²) in [6.45, 7) is 4.85. The first kappa shape index (κ1) is 19.8. The lowest BCUT2D eigenvalue weighted by molar-refractivity contribution is -0.119. The first-order valence-electron chi connectivity index (χ1n) is 10.1. The normalized spacial score (nSPS) is 16.3. The van der Waals surface area contributed by atoms with Crippen LogP contribution in [0.3, 0.4) is 0 Å². The van der Waals surface area contributed by atoms with Crippen molar-refractivity contribution in [3.8, 4) is 5.75 Å². The van der Waals surface area contributed by atoms with Gasteiger partial charge in [0.05, 0.1) is 17.2 Å². The summed E-state index contributed by atoms with van der Waals surface area (Å²) >= 11 is 0. The zero-order chi connectivity index (χ0) is 20.6. The van der Waals surface area contributed by atoms with Crippen molar-refractivity contribution >= 4 is 27.3 Å². The average molecular weight is 415 g/mol. The van der Waals surface area contributed by atoms with Crippen LogP contribution in [-0.4, -0.2) is 27.5 Å². The van der Waals surface area contributed by atoms with E-state index < -0.39 is 10.0 Å². The number of hydrogen-bond donors (Lipinski definition) is 1. The maximum Gasteiger partial charge on any atom is 0.262 e. The van der Waals surface area contributed by atoms with E-state index in [1.165, 1.54) is 0 Å². The van der Waals surface area contributed by atoms with Crippen LogP contribution in [0.1, 0.15) is 37.3 Å². The summed E-state index contributed by atoms with van der Waals surface area (Å²) < 4.78 is 34.0. The van der Waals surface area contributed by atoms with E-state index in [9.17, 15) is 13.2 Å². The standard InChI is InChI=1S/C22H26N2O4S/c1-3-28-19-10-11-21(15(2)13-19)29(26,27)23-18-9-8-16-5-4-12-24(20(16)14-18)22(25)17-6-7-17/h8-11,13-14,17,23H,3-7,12H2,1-2H3. The number of hydrogen-bond acceptors (Lipinski definition) is 4. The molecule has 1 fully saturated rings. The Morgan fingerprint density at radius 2 is 2.00 bits per heavy atom. The molecule has 4 rings (SSSR count). The Morgan fingerprint density at radius 3 is 2.69 bits per heavy atom. The molecule has 7 heteroatoms. The van der Waals surface area contributed by atoms with Crippen molar-refractivity contribution < 1.29 is 17.9 Å². The molecule has 0 bridgehead atoms. The number of nitrogens with one attached hydrogen (secondary N) is 1. The molecule has 2 aliphatic rings. The van der Waals surface area contributed by atoms with E-state index in [-0.39, 0.29) is 16.7 Å². The summed E-state index contributed by atoms with van der Waals surface area (Å²) in [7, 11) is -3.75. The van der Waals surface area contributed by atoms with Gasteiger partial charge < -0.3 is 9.64 Å². The highest BCUT2D eigenvalue weighted by atomic mass is 32.2. The van der Waals surface area contributed by atoms with E-state index in [0.29, 0.717) is 30.2 Å². The Kier molecular flexibility index (Phi) is 5.25.